The molecule has 3 nitrogen and oxygen atoms in total. The molecule has 0 aliphatic rings. The van der Waals surface area contributed by atoms with Gasteiger partial charge in [-0.25, -0.2) is 0 Å². The van der Waals surface area contributed by atoms with Crippen molar-refractivity contribution in [1.82, 2.24) is 0 Å². The van der Waals surface area contributed by atoms with Crippen LogP contribution in [0, 0.1) is 6.92 Å². The van der Waals surface area contributed by atoms with Gasteiger partial charge in [0.25, 0.3) is 0 Å². The number of hydrogen-bond donors (Lipinski definition) is 2. The van der Waals surface area contributed by atoms with Crippen LogP contribution in [-0.4, -0.2) is 5.91 Å². The summed E-state index contributed by atoms with van der Waals surface area (Å²) in [5, 5.41) is 2.82. The first kappa shape index (κ1) is 14.3. The van der Waals surface area contributed by atoms with Crippen molar-refractivity contribution in [3.63, 3.8) is 0 Å². The van der Waals surface area contributed by atoms with Crippen molar-refractivity contribution in [3.8, 4) is 0 Å². The van der Waals surface area contributed by atoms with Crippen LogP contribution in [0.2, 0.25) is 0 Å². The maximum atomic E-state index is 11.8. The van der Waals surface area contributed by atoms with Crippen molar-refractivity contribution < 1.29 is 4.79 Å². The van der Waals surface area contributed by atoms with Crippen LogP contribution in [-0.2, 0) is 4.79 Å². The Hall–Kier alpha value is -2.07. The fourth-order valence-corrected chi connectivity index (χ4v) is 2.38. The molecule has 0 atom stereocenters. The molecule has 0 saturated heterocycles. The van der Waals surface area contributed by atoms with E-state index in [1.54, 1.807) is 18.2 Å². The van der Waals surface area contributed by atoms with E-state index in [0.29, 0.717) is 5.69 Å². The van der Waals surface area contributed by atoms with Gasteiger partial charge in [-0.3, -0.25) is 4.79 Å². The van der Waals surface area contributed by atoms with Crippen molar-refractivity contribution in [3.05, 3.63) is 64.1 Å². The molecule has 102 valence electrons. The summed E-state index contributed by atoms with van der Waals surface area (Å²) in [6.45, 7) is 1.98. The molecule has 0 bridgehead atoms. The Morgan fingerprint density at radius 3 is 2.55 bits per heavy atom. The number of rotatable bonds is 3. The number of nitrogens with two attached hydrogens (primary N) is 1. The summed E-state index contributed by atoms with van der Waals surface area (Å²) in [5.41, 5.74) is 9.09. The minimum Gasteiger partial charge on any atom is -0.399 e. The van der Waals surface area contributed by atoms with E-state index in [1.807, 2.05) is 37.3 Å². The largest absolute Gasteiger partial charge is 0.399 e. The van der Waals surface area contributed by atoms with Crippen LogP contribution in [0.15, 0.2) is 53.0 Å². The molecule has 0 aliphatic heterocycles. The molecule has 4 heteroatoms. The maximum Gasteiger partial charge on any atom is 0.248 e. The van der Waals surface area contributed by atoms with Crippen LogP contribution in [0.5, 0.6) is 0 Å². The number of nitrogen functional groups attached to an aromatic ring is 1. The Balaban J connectivity index is 2.03. The Morgan fingerprint density at radius 2 is 1.90 bits per heavy atom. The van der Waals surface area contributed by atoms with E-state index in [1.165, 1.54) is 6.08 Å². The lowest BCUT2D eigenvalue weighted by Gasteiger charge is -2.04. The predicted molar refractivity (Wildman–Crippen MR) is 87.4 cm³/mol. The third-order valence-corrected chi connectivity index (χ3v) is 3.13. The van der Waals surface area contributed by atoms with Gasteiger partial charge in [0.05, 0.1) is 0 Å². The highest BCUT2D eigenvalue weighted by Gasteiger charge is 2.00. The Labute approximate surface area is 126 Å². The van der Waals surface area contributed by atoms with Gasteiger partial charge in [-0.2, -0.15) is 0 Å². The summed E-state index contributed by atoms with van der Waals surface area (Å²) in [6.07, 6.45) is 3.25. The normalized spacial score (nSPS) is 10.7. The van der Waals surface area contributed by atoms with Gasteiger partial charge >= 0.3 is 0 Å². The highest BCUT2D eigenvalue weighted by molar-refractivity contribution is 9.10. The first-order chi connectivity index (χ1) is 9.52. The van der Waals surface area contributed by atoms with E-state index >= 15 is 0 Å². The molecule has 0 saturated carbocycles. The molecule has 2 aromatic rings. The smallest absolute Gasteiger partial charge is 0.248 e. The van der Waals surface area contributed by atoms with Crippen LogP contribution in [0.3, 0.4) is 0 Å². The molecule has 20 heavy (non-hydrogen) atoms. The van der Waals surface area contributed by atoms with E-state index in [4.69, 9.17) is 5.73 Å². The van der Waals surface area contributed by atoms with Crippen molar-refractivity contribution in [2.75, 3.05) is 11.1 Å². The van der Waals surface area contributed by atoms with E-state index in [9.17, 15) is 4.79 Å². The van der Waals surface area contributed by atoms with Crippen LogP contribution >= 0.6 is 15.9 Å². The third kappa shape index (κ3) is 4.24. The maximum absolute atomic E-state index is 11.8. The molecule has 3 N–H and O–H groups in total. The lowest BCUT2D eigenvalue weighted by atomic mass is 10.2. The van der Waals surface area contributed by atoms with Crippen LogP contribution in [0.1, 0.15) is 11.1 Å². The molecule has 2 rings (SSSR count). The minimum atomic E-state index is -0.167. The van der Waals surface area contributed by atoms with Gasteiger partial charge in [-0.15, -0.1) is 0 Å². The van der Waals surface area contributed by atoms with Gasteiger partial charge in [-0.05, 0) is 54.5 Å². The van der Waals surface area contributed by atoms with E-state index in [0.717, 1.165) is 21.3 Å². The number of halogens is 1. The fourth-order valence-electron chi connectivity index (χ4n) is 1.77. The zero-order valence-electron chi connectivity index (χ0n) is 11.1. The zero-order valence-corrected chi connectivity index (χ0v) is 12.6. The Bertz CT molecular complexity index is 628. The average molecular weight is 331 g/mol. The van der Waals surface area contributed by atoms with Gasteiger partial charge in [0.1, 0.15) is 0 Å². The number of amides is 1. The van der Waals surface area contributed by atoms with Crippen molar-refractivity contribution in [2.45, 2.75) is 6.92 Å². The Kier molecular flexibility index (Phi) is 4.58. The van der Waals surface area contributed by atoms with E-state index in [2.05, 4.69) is 21.2 Å². The lowest BCUT2D eigenvalue weighted by molar-refractivity contribution is -0.111. The topological polar surface area (TPSA) is 55.1 Å². The third-order valence-electron chi connectivity index (χ3n) is 2.67. The molecule has 0 fully saturated rings. The molecular formula is C16H15BrN2O. The van der Waals surface area contributed by atoms with Crippen molar-refractivity contribution in [1.29, 1.82) is 0 Å². The molecule has 0 heterocycles. The van der Waals surface area contributed by atoms with Gasteiger partial charge < -0.3 is 11.1 Å². The first-order valence-electron chi connectivity index (χ1n) is 6.15. The van der Waals surface area contributed by atoms with Crippen molar-refractivity contribution >= 4 is 39.3 Å². The van der Waals surface area contributed by atoms with Crippen molar-refractivity contribution in [2.24, 2.45) is 0 Å². The number of carbonyl (C=O) groups excluding carboxylic acids is 1. The standard InChI is InChI=1S/C16H15BrN2O/c1-11-8-13(17)10-15(9-11)19-16(20)7-4-12-2-5-14(18)6-3-12/h2-10H,18H2,1H3,(H,19,20)/b7-4+. The molecule has 0 unspecified atom stereocenters. The van der Waals surface area contributed by atoms with Gasteiger partial charge in [-0.1, -0.05) is 28.1 Å². The van der Waals surface area contributed by atoms with Crippen LogP contribution in [0.25, 0.3) is 6.08 Å². The second-order valence-corrected chi connectivity index (χ2v) is 5.42. The lowest BCUT2D eigenvalue weighted by Crippen LogP contribution is -2.07. The summed E-state index contributed by atoms with van der Waals surface area (Å²) >= 11 is 3.40. The second-order valence-electron chi connectivity index (χ2n) is 4.51. The summed E-state index contributed by atoms with van der Waals surface area (Å²) in [5.74, 6) is -0.167. The minimum absolute atomic E-state index is 0.167. The molecule has 0 spiro atoms. The molecule has 0 aliphatic carbocycles. The quantitative estimate of drug-likeness (QED) is 0.660. The first-order valence-corrected chi connectivity index (χ1v) is 6.94. The fraction of sp³-hybridized carbons (Fsp3) is 0.0625. The molecular weight excluding hydrogens is 316 g/mol. The second kappa shape index (κ2) is 6.39. The molecule has 2 aromatic carbocycles. The van der Waals surface area contributed by atoms with Crippen LogP contribution < -0.4 is 11.1 Å². The van der Waals surface area contributed by atoms with Gasteiger partial charge in [0, 0.05) is 21.9 Å². The number of aryl methyl sites for hydroxylation is 1. The van der Waals surface area contributed by atoms with Crippen LogP contribution in [0.4, 0.5) is 11.4 Å². The average Bonchev–Trinajstić information content (AvgIpc) is 2.37. The number of hydrogen-bond acceptors (Lipinski definition) is 2. The number of anilines is 2. The van der Waals surface area contributed by atoms with Gasteiger partial charge in [0.2, 0.25) is 5.91 Å². The van der Waals surface area contributed by atoms with E-state index in [-0.39, 0.29) is 5.91 Å². The molecule has 0 aromatic heterocycles. The highest BCUT2D eigenvalue weighted by Crippen LogP contribution is 2.19. The number of nitrogens with one attached hydrogen (secondary N) is 1. The monoisotopic (exact) mass is 330 g/mol. The number of benzene rings is 2. The molecule has 0 radical (unpaired) electrons. The Morgan fingerprint density at radius 1 is 1.20 bits per heavy atom. The molecule has 1 amide bonds. The summed E-state index contributed by atoms with van der Waals surface area (Å²) in [6, 6.07) is 13.1. The number of carbonyl (C=O) groups is 1. The van der Waals surface area contributed by atoms with Gasteiger partial charge in [0.15, 0.2) is 0 Å². The zero-order chi connectivity index (χ0) is 14.5. The summed E-state index contributed by atoms with van der Waals surface area (Å²) in [7, 11) is 0. The highest BCUT2D eigenvalue weighted by atomic mass is 79.9. The predicted octanol–water partition coefficient (Wildman–Crippen LogP) is 3.99. The summed E-state index contributed by atoms with van der Waals surface area (Å²) in [4.78, 5) is 11.8. The van der Waals surface area contributed by atoms with E-state index < -0.39 is 0 Å². The SMILES string of the molecule is Cc1cc(Br)cc(NC(=O)/C=C/c2ccc(N)cc2)c1. The summed E-state index contributed by atoms with van der Waals surface area (Å²) < 4.78 is 0.940.